The average molecular weight is 223 g/mol. The molecule has 0 nitrogen and oxygen atoms in total. The van der Waals surface area contributed by atoms with Crippen LogP contribution in [0.15, 0.2) is 11.6 Å². The standard InChI is InChI=1S/C9H16BrF/c1-3-9(11)7-8(2)5-4-6-10/h5,9H,3-4,6-7H2,1-2H3. The Labute approximate surface area is 77.0 Å². The summed E-state index contributed by atoms with van der Waals surface area (Å²) in [5.41, 5.74) is 1.17. The molecule has 0 saturated heterocycles. The fourth-order valence-electron chi connectivity index (χ4n) is 0.878. The Kier molecular flexibility index (Phi) is 6.93. The molecular formula is C9H16BrF. The van der Waals surface area contributed by atoms with Crippen LogP contribution in [0, 0.1) is 0 Å². The molecule has 0 saturated carbocycles. The molecule has 0 heterocycles. The number of allylic oxidation sites excluding steroid dienone is 2. The predicted molar refractivity (Wildman–Crippen MR) is 52.0 cm³/mol. The zero-order chi connectivity index (χ0) is 8.69. The Morgan fingerprint density at radius 2 is 2.27 bits per heavy atom. The van der Waals surface area contributed by atoms with E-state index in [0.717, 1.165) is 11.8 Å². The highest BCUT2D eigenvalue weighted by Gasteiger charge is 2.02. The first-order valence-corrected chi connectivity index (χ1v) is 5.18. The first kappa shape index (κ1) is 11.2. The Hall–Kier alpha value is 0.150. The third kappa shape index (κ3) is 6.54. The van der Waals surface area contributed by atoms with Crippen molar-refractivity contribution in [2.75, 3.05) is 5.33 Å². The lowest BCUT2D eigenvalue weighted by molar-refractivity contribution is 0.322. The van der Waals surface area contributed by atoms with Crippen molar-refractivity contribution in [3.8, 4) is 0 Å². The van der Waals surface area contributed by atoms with E-state index < -0.39 is 6.17 Å². The Bertz CT molecular complexity index is 121. The van der Waals surface area contributed by atoms with Crippen LogP contribution in [-0.4, -0.2) is 11.5 Å². The summed E-state index contributed by atoms with van der Waals surface area (Å²) >= 11 is 3.32. The van der Waals surface area contributed by atoms with Gasteiger partial charge in [-0.2, -0.15) is 0 Å². The molecule has 11 heavy (non-hydrogen) atoms. The fraction of sp³-hybridized carbons (Fsp3) is 0.778. The number of hydrogen-bond acceptors (Lipinski definition) is 0. The minimum Gasteiger partial charge on any atom is -0.247 e. The lowest BCUT2D eigenvalue weighted by atomic mass is 10.1. The molecule has 0 aliphatic carbocycles. The molecule has 0 spiro atoms. The van der Waals surface area contributed by atoms with E-state index in [2.05, 4.69) is 22.0 Å². The third-order valence-electron chi connectivity index (χ3n) is 1.59. The zero-order valence-corrected chi connectivity index (χ0v) is 8.83. The molecular weight excluding hydrogens is 207 g/mol. The lowest BCUT2D eigenvalue weighted by Crippen LogP contribution is -1.97. The van der Waals surface area contributed by atoms with Crippen LogP contribution < -0.4 is 0 Å². The first-order chi connectivity index (χ1) is 5.20. The van der Waals surface area contributed by atoms with E-state index in [4.69, 9.17) is 0 Å². The second-order valence-electron chi connectivity index (χ2n) is 2.74. The quantitative estimate of drug-likeness (QED) is 0.490. The summed E-state index contributed by atoms with van der Waals surface area (Å²) in [4.78, 5) is 0. The fourth-order valence-corrected chi connectivity index (χ4v) is 1.11. The van der Waals surface area contributed by atoms with Gasteiger partial charge in [0, 0.05) is 5.33 Å². The summed E-state index contributed by atoms with van der Waals surface area (Å²) in [7, 11) is 0. The Morgan fingerprint density at radius 3 is 2.73 bits per heavy atom. The highest BCUT2D eigenvalue weighted by Crippen LogP contribution is 2.11. The van der Waals surface area contributed by atoms with Crippen LogP contribution in [-0.2, 0) is 0 Å². The maximum absolute atomic E-state index is 12.8. The molecule has 0 radical (unpaired) electrons. The normalized spacial score (nSPS) is 15.1. The van der Waals surface area contributed by atoms with E-state index in [-0.39, 0.29) is 0 Å². The minimum atomic E-state index is -0.651. The van der Waals surface area contributed by atoms with Crippen LogP contribution in [0.4, 0.5) is 4.39 Å². The SMILES string of the molecule is CCC(F)CC(C)=CCCBr. The summed E-state index contributed by atoms with van der Waals surface area (Å²) in [5.74, 6) is 0. The molecule has 0 aliphatic rings. The van der Waals surface area contributed by atoms with E-state index in [1.54, 1.807) is 0 Å². The molecule has 0 aromatic carbocycles. The topological polar surface area (TPSA) is 0 Å². The molecule has 0 aromatic heterocycles. The highest BCUT2D eigenvalue weighted by molar-refractivity contribution is 9.09. The summed E-state index contributed by atoms with van der Waals surface area (Å²) in [6, 6.07) is 0. The lowest BCUT2D eigenvalue weighted by Gasteiger charge is -2.04. The highest BCUT2D eigenvalue weighted by atomic mass is 79.9. The van der Waals surface area contributed by atoms with Gasteiger partial charge in [-0.3, -0.25) is 0 Å². The summed E-state index contributed by atoms with van der Waals surface area (Å²) in [6.07, 6.45) is 3.67. The van der Waals surface area contributed by atoms with Crippen molar-refractivity contribution in [2.45, 2.75) is 39.3 Å². The van der Waals surface area contributed by atoms with Crippen molar-refractivity contribution < 1.29 is 4.39 Å². The van der Waals surface area contributed by atoms with Crippen LogP contribution in [0.25, 0.3) is 0 Å². The molecule has 1 unspecified atom stereocenters. The van der Waals surface area contributed by atoms with E-state index in [1.807, 2.05) is 13.8 Å². The number of hydrogen-bond donors (Lipinski definition) is 0. The van der Waals surface area contributed by atoms with Crippen molar-refractivity contribution in [2.24, 2.45) is 0 Å². The van der Waals surface area contributed by atoms with Crippen molar-refractivity contribution in [1.29, 1.82) is 0 Å². The van der Waals surface area contributed by atoms with E-state index >= 15 is 0 Å². The van der Waals surface area contributed by atoms with Crippen molar-refractivity contribution in [3.05, 3.63) is 11.6 Å². The molecule has 0 aromatic rings. The smallest absolute Gasteiger partial charge is 0.104 e. The van der Waals surface area contributed by atoms with Gasteiger partial charge in [-0.25, -0.2) is 4.39 Å². The van der Waals surface area contributed by atoms with Crippen molar-refractivity contribution in [1.82, 2.24) is 0 Å². The second kappa shape index (κ2) is 6.84. The first-order valence-electron chi connectivity index (χ1n) is 4.06. The number of rotatable bonds is 5. The van der Waals surface area contributed by atoms with Gasteiger partial charge in [0.05, 0.1) is 0 Å². The molecule has 0 bridgehead atoms. The Morgan fingerprint density at radius 1 is 1.64 bits per heavy atom. The third-order valence-corrected chi connectivity index (χ3v) is 2.05. The monoisotopic (exact) mass is 222 g/mol. The van der Waals surface area contributed by atoms with Crippen LogP contribution >= 0.6 is 15.9 Å². The predicted octanol–water partition coefficient (Wildman–Crippen LogP) is 3.86. The van der Waals surface area contributed by atoms with Gasteiger partial charge in [0.25, 0.3) is 0 Å². The van der Waals surface area contributed by atoms with Crippen LogP contribution in [0.5, 0.6) is 0 Å². The maximum atomic E-state index is 12.8. The molecule has 0 rings (SSSR count). The summed E-state index contributed by atoms with van der Waals surface area (Å²) in [6.45, 7) is 3.87. The molecule has 66 valence electrons. The Balaban J connectivity index is 3.57. The van der Waals surface area contributed by atoms with Crippen molar-refractivity contribution in [3.63, 3.8) is 0 Å². The average Bonchev–Trinajstić information content (AvgIpc) is 2.00. The van der Waals surface area contributed by atoms with Gasteiger partial charge in [-0.1, -0.05) is 34.5 Å². The summed E-state index contributed by atoms with van der Waals surface area (Å²) in [5, 5.41) is 0.966. The number of alkyl halides is 2. The molecule has 2 heteroatoms. The number of halogens is 2. The maximum Gasteiger partial charge on any atom is 0.104 e. The largest absolute Gasteiger partial charge is 0.247 e. The molecule has 0 N–H and O–H groups in total. The zero-order valence-electron chi connectivity index (χ0n) is 7.24. The van der Waals surface area contributed by atoms with Crippen LogP contribution in [0.1, 0.15) is 33.1 Å². The molecule has 1 atom stereocenters. The molecule has 0 aliphatic heterocycles. The van der Waals surface area contributed by atoms with E-state index in [9.17, 15) is 4.39 Å². The van der Waals surface area contributed by atoms with Gasteiger partial charge < -0.3 is 0 Å². The van der Waals surface area contributed by atoms with Crippen molar-refractivity contribution >= 4 is 15.9 Å². The van der Waals surface area contributed by atoms with Gasteiger partial charge >= 0.3 is 0 Å². The molecule has 0 amide bonds. The van der Waals surface area contributed by atoms with E-state index in [0.29, 0.717) is 12.8 Å². The van der Waals surface area contributed by atoms with Gasteiger partial charge in [0.15, 0.2) is 0 Å². The summed E-state index contributed by atoms with van der Waals surface area (Å²) < 4.78 is 12.8. The van der Waals surface area contributed by atoms with Crippen LogP contribution in [0.2, 0.25) is 0 Å². The molecule has 0 fully saturated rings. The van der Waals surface area contributed by atoms with Crippen LogP contribution in [0.3, 0.4) is 0 Å². The van der Waals surface area contributed by atoms with Gasteiger partial charge in [-0.05, 0) is 26.2 Å². The van der Waals surface area contributed by atoms with E-state index in [1.165, 1.54) is 5.57 Å². The van der Waals surface area contributed by atoms with Gasteiger partial charge in [0.1, 0.15) is 6.17 Å². The minimum absolute atomic E-state index is 0.601. The van der Waals surface area contributed by atoms with Gasteiger partial charge in [0.2, 0.25) is 0 Å². The van der Waals surface area contributed by atoms with Gasteiger partial charge in [-0.15, -0.1) is 0 Å². The second-order valence-corrected chi connectivity index (χ2v) is 3.53.